The lowest BCUT2D eigenvalue weighted by Crippen LogP contribution is -2.52. The maximum absolute atomic E-state index is 13.7. The van der Waals surface area contributed by atoms with Crippen LogP contribution < -0.4 is 10.6 Å². The van der Waals surface area contributed by atoms with Crippen molar-refractivity contribution in [2.45, 2.75) is 91.0 Å². The number of amides is 4. The van der Waals surface area contributed by atoms with Gasteiger partial charge in [0.2, 0.25) is 11.8 Å². The second-order valence-electron chi connectivity index (χ2n) is 15.9. The highest BCUT2D eigenvalue weighted by atomic mass is 35.5. The van der Waals surface area contributed by atoms with E-state index in [-0.39, 0.29) is 47.7 Å². The van der Waals surface area contributed by atoms with Gasteiger partial charge in [-0.3, -0.25) is 9.59 Å². The number of H-pyrrole nitrogens is 2. The summed E-state index contributed by atoms with van der Waals surface area (Å²) in [6.45, 7) is 12.2. The number of benzene rings is 2. The minimum absolute atomic E-state index is 0.00785. The summed E-state index contributed by atoms with van der Waals surface area (Å²) >= 11 is 6.74. The van der Waals surface area contributed by atoms with Crippen molar-refractivity contribution in [3.8, 4) is 33.6 Å². The number of carbonyl (C=O) groups excluding carboxylic acids is 4. The summed E-state index contributed by atoms with van der Waals surface area (Å²) in [5.74, 6) is 0.942. The lowest BCUT2D eigenvalue weighted by molar-refractivity contribution is -0.137. The third kappa shape index (κ3) is 8.80. The Kier molecular flexibility index (Phi) is 12.6. The number of aromatic amines is 2. The predicted molar refractivity (Wildman–Crippen MR) is 217 cm³/mol. The number of nitrogens with one attached hydrogen (secondary N) is 4. The Hall–Kier alpha value is -5.37. The van der Waals surface area contributed by atoms with Crippen molar-refractivity contribution in [2.24, 2.45) is 17.8 Å². The SMILES string of the molecule is COC(=O)N[C@H](C(=O)N1C[C@@H](C)C[C@H]1c1nc(-c2ccc(-c3ccc(-c4cnc([C@@H]5CC[C@H](C)N5C(=O)[C@@H](NC(=O)OC)C(C)C)[nH]4)cc3)cc2)c(Cl)[nH]1)C(C)C. The van der Waals surface area contributed by atoms with Crippen molar-refractivity contribution in [3.63, 3.8) is 0 Å². The summed E-state index contributed by atoms with van der Waals surface area (Å²) in [7, 11) is 2.57. The third-order valence-corrected chi connectivity index (χ3v) is 11.4. The molecule has 2 fully saturated rings. The Balaban J connectivity index is 1.15. The lowest BCUT2D eigenvalue weighted by atomic mass is 10.0. The topological polar surface area (TPSA) is 175 Å². The average Bonchev–Trinajstić information content (AvgIpc) is 4.01. The summed E-state index contributed by atoms with van der Waals surface area (Å²) in [4.78, 5) is 71.4. The molecule has 2 aliphatic rings. The van der Waals surface area contributed by atoms with Gasteiger partial charge in [0.25, 0.3) is 0 Å². The second kappa shape index (κ2) is 17.4. The van der Waals surface area contributed by atoms with Gasteiger partial charge in [-0.1, -0.05) is 94.8 Å². The van der Waals surface area contributed by atoms with Crippen LogP contribution in [0, 0.1) is 17.8 Å². The second-order valence-corrected chi connectivity index (χ2v) is 16.2. The van der Waals surface area contributed by atoms with Crippen LogP contribution in [0.2, 0.25) is 5.15 Å². The fraction of sp³-hybridized carbons (Fsp3) is 0.476. The average molecular weight is 801 g/mol. The monoisotopic (exact) mass is 800 g/mol. The smallest absolute Gasteiger partial charge is 0.407 e. The molecule has 57 heavy (non-hydrogen) atoms. The quantitative estimate of drug-likeness (QED) is 0.121. The molecule has 6 atom stereocenters. The Bertz CT molecular complexity index is 2060. The molecule has 4 aromatic rings. The van der Waals surface area contributed by atoms with Gasteiger partial charge in [-0.2, -0.15) is 0 Å². The van der Waals surface area contributed by atoms with Gasteiger partial charge in [0.05, 0.1) is 38.2 Å². The van der Waals surface area contributed by atoms with Crippen molar-refractivity contribution < 1.29 is 28.7 Å². The minimum Gasteiger partial charge on any atom is -0.453 e. The van der Waals surface area contributed by atoms with E-state index >= 15 is 0 Å². The fourth-order valence-electron chi connectivity index (χ4n) is 7.94. The largest absolute Gasteiger partial charge is 0.453 e. The van der Waals surface area contributed by atoms with Crippen LogP contribution in [-0.4, -0.2) is 92.6 Å². The van der Waals surface area contributed by atoms with E-state index in [0.29, 0.717) is 35.5 Å². The number of methoxy groups -OCH3 is 2. The molecule has 0 spiro atoms. The number of likely N-dealkylation sites (tertiary alicyclic amines) is 2. The van der Waals surface area contributed by atoms with Gasteiger partial charge in [0.1, 0.15) is 34.6 Å². The molecule has 0 radical (unpaired) electrons. The summed E-state index contributed by atoms with van der Waals surface area (Å²) < 4.78 is 9.55. The highest BCUT2D eigenvalue weighted by Crippen LogP contribution is 2.39. The zero-order valence-electron chi connectivity index (χ0n) is 33.8. The van der Waals surface area contributed by atoms with Crippen molar-refractivity contribution in [3.05, 3.63) is 71.5 Å². The summed E-state index contributed by atoms with van der Waals surface area (Å²) in [5.41, 5.74) is 5.26. The highest BCUT2D eigenvalue weighted by Gasteiger charge is 2.42. The maximum atomic E-state index is 13.7. The molecule has 4 N–H and O–H groups in total. The van der Waals surface area contributed by atoms with E-state index in [9.17, 15) is 19.2 Å². The van der Waals surface area contributed by atoms with Crippen LogP contribution in [0.1, 0.15) is 84.5 Å². The van der Waals surface area contributed by atoms with Crippen LogP contribution in [0.15, 0.2) is 54.7 Å². The predicted octanol–water partition coefficient (Wildman–Crippen LogP) is 7.51. The highest BCUT2D eigenvalue weighted by molar-refractivity contribution is 6.31. The van der Waals surface area contributed by atoms with Crippen LogP contribution in [-0.2, 0) is 19.1 Å². The molecule has 304 valence electrons. The summed E-state index contributed by atoms with van der Waals surface area (Å²) in [6, 6.07) is 14.2. The van der Waals surface area contributed by atoms with Gasteiger partial charge in [-0.25, -0.2) is 19.6 Å². The number of ether oxygens (including phenoxy) is 2. The van der Waals surface area contributed by atoms with Crippen LogP contribution >= 0.6 is 11.6 Å². The molecule has 0 unspecified atom stereocenters. The van der Waals surface area contributed by atoms with Gasteiger partial charge in [0.15, 0.2) is 0 Å². The molecule has 6 rings (SSSR count). The van der Waals surface area contributed by atoms with Crippen LogP contribution in [0.5, 0.6) is 0 Å². The van der Waals surface area contributed by atoms with E-state index in [0.717, 1.165) is 40.8 Å². The van der Waals surface area contributed by atoms with E-state index in [1.165, 1.54) is 14.2 Å². The molecule has 14 nitrogen and oxygen atoms in total. The number of halogens is 1. The number of imidazole rings is 2. The van der Waals surface area contributed by atoms with E-state index in [2.05, 4.69) is 39.7 Å². The minimum atomic E-state index is -0.736. The molecule has 2 aliphatic heterocycles. The lowest BCUT2D eigenvalue weighted by Gasteiger charge is -2.32. The number of hydrogen-bond acceptors (Lipinski definition) is 8. The molecule has 4 heterocycles. The number of hydrogen-bond donors (Lipinski definition) is 4. The van der Waals surface area contributed by atoms with Crippen molar-refractivity contribution in [2.75, 3.05) is 20.8 Å². The van der Waals surface area contributed by atoms with Gasteiger partial charge in [-0.05, 0) is 60.6 Å². The van der Waals surface area contributed by atoms with Gasteiger partial charge >= 0.3 is 12.2 Å². The molecule has 2 saturated heterocycles. The summed E-state index contributed by atoms with van der Waals surface area (Å²) in [6.07, 6.45) is 2.81. The Morgan fingerprint density at radius 3 is 1.86 bits per heavy atom. The first-order valence-corrected chi connectivity index (χ1v) is 19.9. The fourth-order valence-corrected chi connectivity index (χ4v) is 8.19. The molecule has 0 bridgehead atoms. The van der Waals surface area contributed by atoms with Crippen molar-refractivity contribution in [1.82, 2.24) is 40.4 Å². The Labute approximate surface area is 338 Å². The van der Waals surface area contributed by atoms with E-state index in [4.69, 9.17) is 31.0 Å². The molecule has 4 amide bonds. The molecular formula is C42H53ClN8O6. The van der Waals surface area contributed by atoms with Gasteiger partial charge < -0.3 is 39.9 Å². The molecular weight excluding hydrogens is 748 g/mol. The Morgan fingerprint density at radius 2 is 1.30 bits per heavy atom. The third-order valence-electron chi connectivity index (χ3n) is 11.1. The molecule has 15 heteroatoms. The summed E-state index contributed by atoms with van der Waals surface area (Å²) in [5, 5.41) is 5.79. The molecule has 2 aromatic heterocycles. The van der Waals surface area contributed by atoms with Crippen molar-refractivity contribution in [1.29, 1.82) is 0 Å². The van der Waals surface area contributed by atoms with Crippen LogP contribution in [0.3, 0.4) is 0 Å². The van der Waals surface area contributed by atoms with E-state index in [1.54, 1.807) is 11.1 Å². The number of aromatic nitrogens is 4. The normalized spacial score (nSPS) is 20.5. The van der Waals surface area contributed by atoms with E-state index in [1.807, 2.05) is 75.9 Å². The standard InChI is InChI=1S/C42H53ClN8O6/c1-22(2)33(47-41(54)56-7)39(52)50-21-24(5)19-32(50)38-46-35(36(43)49-38)29-16-12-27(13-17-29)26-10-14-28(15-11-26)30-20-44-37(45-30)31-18-9-25(6)51(31)40(53)34(23(3)4)48-42(55)57-8/h10-17,20,22-25,31-34H,9,18-19,21H2,1-8H3,(H,44,45)(H,46,49)(H,47,54)(H,48,55)/t24-,25-,31-,32-,33-,34-/m0/s1. The first-order chi connectivity index (χ1) is 27.2. The zero-order valence-corrected chi connectivity index (χ0v) is 34.5. The number of rotatable bonds is 11. The zero-order chi connectivity index (χ0) is 41.1. The molecule has 2 aromatic carbocycles. The van der Waals surface area contributed by atoms with E-state index < -0.39 is 24.3 Å². The molecule has 0 saturated carbocycles. The van der Waals surface area contributed by atoms with Crippen LogP contribution in [0.4, 0.5) is 9.59 Å². The number of alkyl carbamates (subject to hydrolysis) is 2. The number of nitrogens with zero attached hydrogens (tertiary/aromatic N) is 4. The van der Waals surface area contributed by atoms with Crippen LogP contribution in [0.25, 0.3) is 33.6 Å². The first kappa shape index (κ1) is 41.3. The van der Waals surface area contributed by atoms with Crippen molar-refractivity contribution >= 4 is 35.6 Å². The van der Waals surface area contributed by atoms with Gasteiger partial charge in [-0.15, -0.1) is 0 Å². The maximum Gasteiger partial charge on any atom is 0.407 e. The first-order valence-electron chi connectivity index (χ1n) is 19.5. The Morgan fingerprint density at radius 1 is 0.754 bits per heavy atom. The van der Waals surface area contributed by atoms with Gasteiger partial charge in [0, 0.05) is 18.2 Å². The number of carbonyl (C=O) groups is 4. The molecule has 0 aliphatic carbocycles.